The quantitative estimate of drug-likeness (QED) is 0.638. The first-order valence-electron chi connectivity index (χ1n) is 7.52. The molecule has 3 atom stereocenters. The third-order valence-corrected chi connectivity index (χ3v) is 4.35. The van der Waals surface area contributed by atoms with Crippen molar-refractivity contribution in [2.45, 2.75) is 50.7 Å². The number of nitrogens with one attached hydrogen (secondary N) is 2. The highest BCUT2D eigenvalue weighted by molar-refractivity contribution is 6.01. The summed E-state index contributed by atoms with van der Waals surface area (Å²) in [5, 5.41) is 15.1. The number of hydrogen-bond acceptors (Lipinski definition) is 4. The van der Waals surface area contributed by atoms with Crippen LogP contribution in [-0.4, -0.2) is 53.6 Å². The van der Waals surface area contributed by atoms with Crippen LogP contribution in [0.2, 0.25) is 0 Å². The van der Waals surface area contributed by atoms with E-state index < -0.39 is 12.1 Å². The summed E-state index contributed by atoms with van der Waals surface area (Å²) in [7, 11) is 1.43. The SMILES string of the molecule is CN1C(=O)CCC(NC(=O)NC[C@H]2CCCC[C@@H]2O)C1=O. The lowest BCUT2D eigenvalue weighted by Crippen LogP contribution is -2.55. The summed E-state index contributed by atoms with van der Waals surface area (Å²) in [6, 6.07) is -1.07. The molecule has 0 radical (unpaired) electrons. The van der Waals surface area contributed by atoms with Gasteiger partial charge in [0.15, 0.2) is 0 Å². The van der Waals surface area contributed by atoms with Crippen LogP contribution in [0.1, 0.15) is 38.5 Å². The number of likely N-dealkylation sites (tertiary alicyclic amines) is 1. The summed E-state index contributed by atoms with van der Waals surface area (Å²) in [5.74, 6) is -0.515. The minimum absolute atomic E-state index is 0.0795. The number of likely N-dealkylation sites (N-methyl/N-ethyl adjacent to an activating group) is 1. The summed E-state index contributed by atoms with van der Waals surface area (Å²) < 4.78 is 0. The van der Waals surface area contributed by atoms with E-state index in [2.05, 4.69) is 10.6 Å². The monoisotopic (exact) mass is 297 g/mol. The molecule has 1 saturated carbocycles. The molecule has 1 heterocycles. The Labute approximate surface area is 124 Å². The molecular formula is C14H23N3O4. The minimum atomic E-state index is -0.649. The first-order valence-corrected chi connectivity index (χ1v) is 7.52. The highest BCUT2D eigenvalue weighted by atomic mass is 16.3. The van der Waals surface area contributed by atoms with Gasteiger partial charge in [-0.2, -0.15) is 0 Å². The number of imide groups is 1. The predicted molar refractivity (Wildman–Crippen MR) is 75.3 cm³/mol. The van der Waals surface area contributed by atoms with Gasteiger partial charge in [-0.1, -0.05) is 12.8 Å². The second-order valence-corrected chi connectivity index (χ2v) is 5.85. The minimum Gasteiger partial charge on any atom is -0.393 e. The zero-order valence-electron chi connectivity index (χ0n) is 12.3. The Morgan fingerprint density at radius 1 is 1.29 bits per heavy atom. The highest BCUT2D eigenvalue weighted by Gasteiger charge is 2.33. The molecule has 118 valence electrons. The summed E-state index contributed by atoms with van der Waals surface area (Å²) in [6.07, 6.45) is 4.01. The van der Waals surface area contributed by atoms with Gasteiger partial charge in [-0.05, 0) is 19.3 Å². The maximum absolute atomic E-state index is 11.9. The first-order chi connectivity index (χ1) is 9.99. The van der Waals surface area contributed by atoms with Crippen molar-refractivity contribution in [1.29, 1.82) is 0 Å². The fraction of sp³-hybridized carbons (Fsp3) is 0.786. The largest absolute Gasteiger partial charge is 0.393 e. The standard InChI is InChI=1S/C14H23N3O4/c1-17-12(19)7-6-10(13(17)20)16-14(21)15-8-9-4-2-3-5-11(9)18/h9-11,18H,2-8H2,1H3,(H2,15,16,21)/t9-,10?,11+/m1/s1. The van der Waals surface area contributed by atoms with E-state index in [1.54, 1.807) is 0 Å². The molecule has 2 rings (SSSR count). The van der Waals surface area contributed by atoms with Gasteiger partial charge in [-0.15, -0.1) is 0 Å². The lowest BCUT2D eigenvalue weighted by Gasteiger charge is -2.30. The van der Waals surface area contributed by atoms with E-state index >= 15 is 0 Å². The molecule has 21 heavy (non-hydrogen) atoms. The van der Waals surface area contributed by atoms with E-state index in [0.29, 0.717) is 13.0 Å². The number of aliphatic hydroxyl groups excluding tert-OH is 1. The van der Waals surface area contributed by atoms with Crippen molar-refractivity contribution in [3.8, 4) is 0 Å². The van der Waals surface area contributed by atoms with Gasteiger partial charge in [0.25, 0.3) is 5.91 Å². The number of carbonyl (C=O) groups excluding carboxylic acids is 3. The van der Waals surface area contributed by atoms with Crippen LogP contribution in [0.5, 0.6) is 0 Å². The van der Waals surface area contributed by atoms with Gasteiger partial charge in [0.1, 0.15) is 6.04 Å². The second-order valence-electron chi connectivity index (χ2n) is 5.85. The van der Waals surface area contributed by atoms with Crippen LogP contribution < -0.4 is 10.6 Å². The zero-order chi connectivity index (χ0) is 15.4. The Morgan fingerprint density at radius 3 is 2.71 bits per heavy atom. The topological polar surface area (TPSA) is 98.7 Å². The van der Waals surface area contributed by atoms with Gasteiger partial charge < -0.3 is 15.7 Å². The number of carbonyl (C=O) groups is 3. The Kier molecular flexibility index (Phi) is 5.17. The van der Waals surface area contributed by atoms with Crippen molar-refractivity contribution in [1.82, 2.24) is 15.5 Å². The molecule has 0 aromatic rings. The molecule has 0 bridgehead atoms. The Hall–Kier alpha value is -1.63. The van der Waals surface area contributed by atoms with Crippen LogP contribution in [0.3, 0.4) is 0 Å². The normalized spacial score (nSPS) is 30.2. The van der Waals surface area contributed by atoms with Gasteiger partial charge in [0, 0.05) is 25.9 Å². The molecule has 1 unspecified atom stereocenters. The van der Waals surface area contributed by atoms with Gasteiger partial charge >= 0.3 is 6.03 Å². The van der Waals surface area contributed by atoms with E-state index in [0.717, 1.165) is 30.6 Å². The predicted octanol–water partition coefficient (Wildman–Crippen LogP) is -0.0159. The molecule has 1 saturated heterocycles. The van der Waals surface area contributed by atoms with Crippen LogP contribution in [-0.2, 0) is 9.59 Å². The van der Waals surface area contributed by atoms with Crippen molar-refractivity contribution in [2.24, 2.45) is 5.92 Å². The molecule has 4 amide bonds. The highest BCUT2D eigenvalue weighted by Crippen LogP contribution is 2.23. The van der Waals surface area contributed by atoms with E-state index in [-0.39, 0.29) is 30.3 Å². The van der Waals surface area contributed by atoms with E-state index in [1.165, 1.54) is 7.05 Å². The molecule has 0 aromatic carbocycles. The van der Waals surface area contributed by atoms with E-state index in [1.807, 2.05) is 0 Å². The number of piperidine rings is 1. The van der Waals surface area contributed by atoms with Crippen LogP contribution in [0, 0.1) is 5.92 Å². The van der Waals surface area contributed by atoms with Crippen molar-refractivity contribution in [2.75, 3.05) is 13.6 Å². The smallest absolute Gasteiger partial charge is 0.315 e. The van der Waals surface area contributed by atoms with Crippen molar-refractivity contribution >= 4 is 17.8 Å². The van der Waals surface area contributed by atoms with Crippen molar-refractivity contribution < 1.29 is 19.5 Å². The van der Waals surface area contributed by atoms with Crippen molar-refractivity contribution in [3.63, 3.8) is 0 Å². The average Bonchev–Trinajstić information content (AvgIpc) is 2.47. The lowest BCUT2D eigenvalue weighted by molar-refractivity contribution is -0.147. The zero-order valence-corrected chi connectivity index (χ0v) is 12.3. The van der Waals surface area contributed by atoms with Crippen molar-refractivity contribution in [3.05, 3.63) is 0 Å². The maximum Gasteiger partial charge on any atom is 0.315 e. The van der Waals surface area contributed by atoms with Crippen LogP contribution in [0.25, 0.3) is 0 Å². The van der Waals surface area contributed by atoms with Gasteiger partial charge in [0.05, 0.1) is 6.10 Å². The molecule has 1 aliphatic carbocycles. The number of amides is 4. The van der Waals surface area contributed by atoms with E-state index in [9.17, 15) is 19.5 Å². The molecule has 0 aromatic heterocycles. The fourth-order valence-corrected chi connectivity index (χ4v) is 2.91. The Balaban J connectivity index is 1.76. The van der Waals surface area contributed by atoms with Crippen LogP contribution in [0.15, 0.2) is 0 Å². The van der Waals surface area contributed by atoms with Gasteiger partial charge in [-0.3, -0.25) is 14.5 Å². The Morgan fingerprint density at radius 2 is 2.00 bits per heavy atom. The third kappa shape index (κ3) is 3.93. The molecule has 7 nitrogen and oxygen atoms in total. The number of aliphatic hydroxyl groups is 1. The number of rotatable bonds is 3. The molecule has 1 aliphatic heterocycles. The number of nitrogens with zero attached hydrogens (tertiary/aromatic N) is 1. The molecule has 7 heteroatoms. The summed E-state index contributed by atoms with van der Waals surface area (Å²) in [4.78, 5) is 36.1. The van der Waals surface area contributed by atoms with Gasteiger partial charge in [-0.25, -0.2) is 4.79 Å². The second kappa shape index (κ2) is 6.89. The van der Waals surface area contributed by atoms with Crippen LogP contribution in [0.4, 0.5) is 4.79 Å². The summed E-state index contributed by atoms with van der Waals surface area (Å²) in [6.45, 7) is 0.405. The third-order valence-electron chi connectivity index (χ3n) is 4.35. The van der Waals surface area contributed by atoms with Crippen LogP contribution >= 0.6 is 0 Å². The molecule has 2 aliphatic rings. The van der Waals surface area contributed by atoms with Gasteiger partial charge in [0.2, 0.25) is 5.91 Å². The summed E-state index contributed by atoms with van der Waals surface area (Å²) in [5.41, 5.74) is 0. The molecular weight excluding hydrogens is 274 g/mol. The number of urea groups is 1. The summed E-state index contributed by atoms with van der Waals surface area (Å²) >= 11 is 0. The average molecular weight is 297 g/mol. The Bertz CT molecular complexity index is 426. The molecule has 0 spiro atoms. The number of hydrogen-bond donors (Lipinski definition) is 3. The first kappa shape index (κ1) is 15.8. The van der Waals surface area contributed by atoms with E-state index in [4.69, 9.17) is 0 Å². The molecule has 2 fully saturated rings. The fourth-order valence-electron chi connectivity index (χ4n) is 2.91. The molecule has 3 N–H and O–H groups in total. The lowest BCUT2D eigenvalue weighted by atomic mass is 9.86. The maximum atomic E-state index is 11.9.